The maximum atomic E-state index is 12.7. The molecule has 0 amide bonds. The van der Waals surface area contributed by atoms with Crippen molar-refractivity contribution < 1.29 is 9.53 Å². The van der Waals surface area contributed by atoms with Crippen LogP contribution < -0.4 is 5.56 Å². The molecule has 3 rings (SSSR count). The zero-order chi connectivity index (χ0) is 18.0. The van der Waals surface area contributed by atoms with Gasteiger partial charge in [-0.15, -0.1) is 11.3 Å². The lowest BCUT2D eigenvalue weighted by Gasteiger charge is -2.07. The van der Waals surface area contributed by atoms with Crippen molar-refractivity contribution in [3.8, 4) is 0 Å². The van der Waals surface area contributed by atoms with Crippen molar-refractivity contribution in [2.24, 2.45) is 0 Å². The summed E-state index contributed by atoms with van der Waals surface area (Å²) >= 11 is 1.54. The minimum absolute atomic E-state index is 0.0294. The van der Waals surface area contributed by atoms with E-state index in [0.29, 0.717) is 24.1 Å². The number of esters is 1. The number of ether oxygens (including phenoxy) is 1. The monoisotopic (exact) mass is 356 g/mol. The summed E-state index contributed by atoms with van der Waals surface area (Å²) in [5, 5.41) is 0.699. The van der Waals surface area contributed by atoms with E-state index in [1.165, 1.54) is 0 Å². The summed E-state index contributed by atoms with van der Waals surface area (Å²) < 4.78 is 6.72. The van der Waals surface area contributed by atoms with Gasteiger partial charge >= 0.3 is 5.97 Å². The first-order chi connectivity index (χ1) is 12.0. The van der Waals surface area contributed by atoms with Gasteiger partial charge in [0.05, 0.1) is 30.4 Å². The number of hydrogen-bond donors (Lipinski definition) is 0. The van der Waals surface area contributed by atoms with Gasteiger partial charge < -0.3 is 4.74 Å². The molecule has 2 heterocycles. The van der Waals surface area contributed by atoms with E-state index in [1.54, 1.807) is 34.4 Å². The summed E-state index contributed by atoms with van der Waals surface area (Å²) in [4.78, 5) is 30.9. The highest BCUT2D eigenvalue weighted by atomic mass is 32.1. The largest absolute Gasteiger partial charge is 0.462 e. The molecule has 0 fully saturated rings. The molecule has 0 spiro atoms. The highest BCUT2D eigenvalue weighted by Crippen LogP contribution is 2.25. The zero-order valence-corrected chi connectivity index (χ0v) is 15.4. The lowest BCUT2D eigenvalue weighted by molar-refractivity contribution is 0.0505. The normalized spacial score (nSPS) is 11.0. The molecule has 0 bridgehead atoms. The van der Waals surface area contributed by atoms with E-state index in [9.17, 15) is 9.59 Å². The number of nitrogens with zero attached hydrogens (tertiary/aromatic N) is 2. The van der Waals surface area contributed by atoms with Crippen molar-refractivity contribution in [1.29, 1.82) is 0 Å². The van der Waals surface area contributed by atoms with Crippen molar-refractivity contribution in [1.82, 2.24) is 9.55 Å². The van der Waals surface area contributed by atoms with Crippen LogP contribution in [0.2, 0.25) is 0 Å². The molecule has 0 saturated heterocycles. The molecule has 2 aromatic heterocycles. The minimum Gasteiger partial charge on any atom is -0.462 e. The molecule has 0 saturated carbocycles. The summed E-state index contributed by atoms with van der Waals surface area (Å²) in [6.07, 6.45) is 2.38. The average molecular weight is 356 g/mol. The molecule has 0 atom stereocenters. The standard InChI is InChI=1S/C19H20N2O3S/c1-4-9-24-19(23)15-7-5-14(6-8-15)10-21-11-20-17-16(18(21)22)12(2)13(3)25-17/h5-8,11H,4,9-10H2,1-3H3. The molecule has 6 heteroatoms. The molecule has 0 radical (unpaired) electrons. The fourth-order valence-electron chi connectivity index (χ4n) is 2.60. The summed E-state index contributed by atoms with van der Waals surface area (Å²) in [5.41, 5.74) is 2.42. The molecule has 3 aromatic rings. The van der Waals surface area contributed by atoms with Crippen molar-refractivity contribution >= 4 is 27.5 Å². The van der Waals surface area contributed by atoms with Gasteiger partial charge in [0.1, 0.15) is 4.83 Å². The van der Waals surface area contributed by atoms with Crippen molar-refractivity contribution in [2.45, 2.75) is 33.7 Å². The summed E-state index contributed by atoms with van der Waals surface area (Å²) in [6, 6.07) is 7.13. The van der Waals surface area contributed by atoms with Gasteiger partial charge in [0.15, 0.2) is 0 Å². The Morgan fingerprint density at radius 2 is 1.96 bits per heavy atom. The Morgan fingerprint density at radius 3 is 2.64 bits per heavy atom. The summed E-state index contributed by atoms with van der Waals surface area (Å²) in [5.74, 6) is -0.321. The van der Waals surface area contributed by atoms with Crippen LogP contribution in [0.15, 0.2) is 35.4 Å². The topological polar surface area (TPSA) is 61.2 Å². The van der Waals surface area contributed by atoms with Gasteiger partial charge in [0.2, 0.25) is 0 Å². The number of hydrogen-bond acceptors (Lipinski definition) is 5. The Bertz CT molecular complexity index is 971. The van der Waals surface area contributed by atoms with Crippen LogP contribution in [0, 0.1) is 13.8 Å². The van der Waals surface area contributed by atoms with Crippen LogP contribution in [-0.2, 0) is 11.3 Å². The number of carbonyl (C=O) groups excluding carboxylic acids is 1. The molecule has 0 aliphatic carbocycles. The molecule has 0 aliphatic heterocycles. The Labute approximate surface area is 149 Å². The van der Waals surface area contributed by atoms with Crippen LogP contribution in [-0.4, -0.2) is 22.1 Å². The Kier molecular flexibility index (Phi) is 4.99. The summed E-state index contributed by atoms with van der Waals surface area (Å²) in [6.45, 7) is 6.75. The van der Waals surface area contributed by atoms with Gasteiger partial charge in [-0.1, -0.05) is 19.1 Å². The maximum absolute atomic E-state index is 12.7. The third-order valence-corrected chi connectivity index (χ3v) is 5.25. The van der Waals surface area contributed by atoms with E-state index >= 15 is 0 Å². The molecule has 0 aliphatic rings. The van der Waals surface area contributed by atoms with Gasteiger partial charge in [0, 0.05) is 4.88 Å². The van der Waals surface area contributed by atoms with E-state index in [-0.39, 0.29) is 11.5 Å². The van der Waals surface area contributed by atoms with Gasteiger partial charge in [-0.25, -0.2) is 9.78 Å². The zero-order valence-electron chi connectivity index (χ0n) is 14.5. The number of benzene rings is 1. The fraction of sp³-hybridized carbons (Fsp3) is 0.316. The molecule has 1 aromatic carbocycles. The van der Waals surface area contributed by atoms with Gasteiger partial charge in [-0.05, 0) is 43.5 Å². The van der Waals surface area contributed by atoms with Crippen molar-refractivity contribution in [3.63, 3.8) is 0 Å². The second kappa shape index (κ2) is 7.19. The third kappa shape index (κ3) is 3.49. The number of rotatable bonds is 5. The van der Waals surface area contributed by atoms with Gasteiger partial charge in [-0.3, -0.25) is 9.36 Å². The molecular formula is C19H20N2O3S. The molecule has 5 nitrogen and oxygen atoms in total. The van der Waals surface area contributed by atoms with E-state index in [4.69, 9.17) is 4.74 Å². The van der Waals surface area contributed by atoms with Gasteiger partial charge in [-0.2, -0.15) is 0 Å². The van der Waals surface area contributed by atoms with Crippen molar-refractivity contribution in [3.05, 3.63) is 62.5 Å². The van der Waals surface area contributed by atoms with Crippen LogP contribution in [0.4, 0.5) is 0 Å². The smallest absolute Gasteiger partial charge is 0.338 e. The van der Waals surface area contributed by atoms with Crippen molar-refractivity contribution in [2.75, 3.05) is 6.61 Å². The lowest BCUT2D eigenvalue weighted by Crippen LogP contribution is -2.21. The van der Waals surface area contributed by atoms with E-state index in [0.717, 1.165) is 27.3 Å². The Balaban J connectivity index is 1.84. The highest BCUT2D eigenvalue weighted by Gasteiger charge is 2.12. The van der Waals surface area contributed by atoms with E-state index < -0.39 is 0 Å². The first kappa shape index (κ1) is 17.4. The van der Waals surface area contributed by atoms with Crippen LogP contribution >= 0.6 is 11.3 Å². The second-order valence-electron chi connectivity index (χ2n) is 5.97. The number of thiophene rings is 1. The summed E-state index contributed by atoms with van der Waals surface area (Å²) in [7, 11) is 0. The van der Waals surface area contributed by atoms with Crippen LogP contribution in [0.3, 0.4) is 0 Å². The number of aromatic nitrogens is 2. The van der Waals surface area contributed by atoms with Crippen LogP contribution in [0.5, 0.6) is 0 Å². The molecule has 0 N–H and O–H groups in total. The van der Waals surface area contributed by atoms with E-state index in [1.807, 2.05) is 32.9 Å². The van der Waals surface area contributed by atoms with Crippen LogP contribution in [0.1, 0.15) is 39.7 Å². The molecular weight excluding hydrogens is 336 g/mol. The third-order valence-electron chi connectivity index (χ3n) is 4.14. The number of aryl methyl sites for hydroxylation is 2. The lowest BCUT2D eigenvalue weighted by atomic mass is 10.1. The first-order valence-electron chi connectivity index (χ1n) is 8.22. The number of fused-ring (bicyclic) bond motifs is 1. The second-order valence-corrected chi connectivity index (χ2v) is 7.18. The maximum Gasteiger partial charge on any atom is 0.338 e. The van der Waals surface area contributed by atoms with Gasteiger partial charge in [0.25, 0.3) is 5.56 Å². The Morgan fingerprint density at radius 1 is 1.24 bits per heavy atom. The van der Waals surface area contributed by atoms with Crippen LogP contribution in [0.25, 0.3) is 10.2 Å². The molecule has 25 heavy (non-hydrogen) atoms. The van der Waals surface area contributed by atoms with E-state index in [2.05, 4.69) is 4.98 Å². The fourth-order valence-corrected chi connectivity index (χ4v) is 3.59. The Hall–Kier alpha value is -2.47. The average Bonchev–Trinajstić information content (AvgIpc) is 2.91. The minimum atomic E-state index is -0.321. The predicted octanol–water partition coefficient (Wildman–Crippen LogP) is 3.69. The molecule has 130 valence electrons. The first-order valence-corrected chi connectivity index (χ1v) is 9.04. The number of carbonyl (C=O) groups is 1. The highest BCUT2D eigenvalue weighted by molar-refractivity contribution is 7.18. The molecule has 0 unspecified atom stereocenters. The SMILES string of the molecule is CCCOC(=O)c1ccc(Cn2cnc3sc(C)c(C)c3c2=O)cc1. The quantitative estimate of drug-likeness (QED) is 0.654. The predicted molar refractivity (Wildman–Crippen MR) is 99.5 cm³/mol.